The molecular formula is C20H18N4OS2. The lowest BCUT2D eigenvalue weighted by Gasteiger charge is -2.09. The molecular weight excluding hydrogens is 376 g/mol. The van der Waals surface area contributed by atoms with E-state index in [0.29, 0.717) is 18.5 Å². The molecule has 0 fully saturated rings. The molecule has 3 aromatic heterocycles. The van der Waals surface area contributed by atoms with Crippen molar-refractivity contribution in [3.05, 3.63) is 82.4 Å². The fourth-order valence-electron chi connectivity index (χ4n) is 2.77. The van der Waals surface area contributed by atoms with Crippen molar-refractivity contribution in [3.8, 4) is 0 Å². The molecule has 0 radical (unpaired) electrons. The number of hydrogen-bond acceptors (Lipinski definition) is 5. The predicted octanol–water partition coefficient (Wildman–Crippen LogP) is 4.06. The Hall–Kier alpha value is -2.64. The maximum absolute atomic E-state index is 12.7. The Morgan fingerprint density at radius 2 is 1.96 bits per heavy atom. The summed E-state index contributed by atoms with van der Waals surface area (Å²) in [7, 11) is 0. The first-order valence-corrected chi connectivity index (χ1v) is 10.5. The Morgan fingerprint density at radius 1 is 1.07 bits per heavy atom. The van der Waals surface area contributed by atoms with Crippen molar-refractivity contribution in [1.29, 1.82) is 0 Å². The molecule has 0 atom stereocenters. The van der Waals surface area contributed by atoms with Crippen molar-refractivity contribution >= 4 is 34.7 Å². The molecule has 4 rings (SSSR count). The van der Waals surface area contributed by atoms with Gasteiger partial charge in [0.05, 0.1) is 5.56 Å². The number of fused-ring (bicyclic) bond motifs is 1. The Kier molecular flexibility index (Phi) is 5.50. The summed E-state index contributed by atoms with van der Waals surface area (Å²) in [5.41, 5.74) is 1.53. The van der Waals surface area contributed by atoms with Gasteiger partial charge in [0, 0.05) is 34.7 Å². The van der Waals surface area contributed by atoms with Crippen LogP contribution < -0.4 is 5.32 Å². The topological polar surface area (TPSA) is 59.3 Å². The monoisotopic (exact) mass is 394 g/mol. The van der Waals surface area contributed by atoms with Crippen molar-refractivity contribution in [2.75, 3.05) is 6.54 Å². The van der Waals surface area contributed by atoms with Gasteiger partial charge in [-0.15, -0.1) is 33.3 Å². The van der Waals surface area contributed by atoms with Gasteiger partial charge in [-0.1, -0.05) is 24.3 Å². The third-order valence-electron chi connectivity index (χ3n) is 4.10. The summed E-state index contributed by atoms with van der Waals surface area (Å²) in [5, 5.41) is 13.4. The van der Waals surface area contributed by atoms with E-state index in [0.717, 1.165) is 22.1 Å². The highest BCUT2D eigenvalue weighted by Crippen LogP contribution is 2.27. The first-order valence-electron chi connectivity index (χ1n) is 8.62. The molecule has 0 saturated carbocycles. The number of thioether (sulfide) groups is 1. The number of aromatic nitrogens is 3. The number of nitrogens with zero attached hydrogens (tertiary/aromatic N) is 3. The molecule has 0 aliphatic heterocycles. The fraction of sp³-hybridized carbons (Fsp3) is 0.150. The second-order valence-electron chi connectivity index (χ2n) is 5.92. The largest absolute Gasteiger partial charge is 0.352 e. The summed E-state index contributed by atoms with van der Waals surface area (Å²) < 4.78 is 1.94. The first-order chi connectivity index (χ1) is 13.3. The highest BCUT2D eigenvalue weighted by molar-refractivity contribution is 7.98. The molecule has 0 aliphatic rings. The first kappa shape index (κ1) is 17.8. The van der Waals surface area contributed by atoms with Crippen molar-refractivity contribution in [1.82, 2.24) is 19.9 Å². The van der Waals surface area contributed by atoms with E-state index >= 15 is 0 Å². The molecule has 136 valence electrons. The van der Waals surface area contributed by atoms with E-state index in [1.54, 1.807) is 23.1 Å². The van der Waals surface area contributed by atoms with Gasteiger partial charge in [0.15, 0.2) is 5.65 Å². The van der Waals surface area contributed by atoms with Crippen LogP contribution in [0.5, 0.6) is 0 Å². The third kappa shape index (κ3) is 4.20. The molecule has 1 N–H and O–H groups in total. The molecule has 4 aromatic rings. The van der Waals surface area contributed by atoms with Gasteiger partial charge in [-0.05, 0) is 35.7 Å². The van der Waals surface area contributed by atoms with Gasteiger partial charge in [0.25, 0.3) is 5.91 Å². The molecule has 7 heteroatoms. The van der Waals surface area contributed by atoms with E-state index in [1.807, 2.05) is 59.1 Å². The molecule has 5 nitrogen and oxygen atoms in total. The predicted molar refractivity (Wildman–Crippen MR) is 109 cm³/mol. The highest BCUT2D eigenvalue weighted by Gasteiger charge is 2.12. The van der Waals surface area contributed by atoms with Crippen molar-refractivity contribution in [2.24, 2.45) is 0 Å². The lowest BCUT2D eigenvalue weighted by atomic mass is 10.2. The molecule has 0 bridgehead atoms. The average Bonchev–Trinajstić information content (AvgIpc) is 3.37. The standard InChI is InChI=1S/C20H18N4OS2/c25-20(21-11-10-19-23-22-18-9-3-4-12-24(18)19)16-7-1-2-8-17(16)27-14-15-6-5-13-26-15/h1-9,12-13H,10-11,14H2,(H,21,25). The zero-order chi connectivity index (χ0) is 18.5. The molecule has 0 aliphatic carbocycles. The van der Waals surface area contributed by atoms with Gasteiger partial charge in [-0.25, -0.2) is 0 Å². The molecule has 1 aromatic carbocycles. The van der Waals surface area contributed by atoms with E-state index in [2.05, 4.69) is 27.0 Å². The Balaban J connectivity index is 1.38. The molecule has 3 heterocycles. The number of amides is 1. The van der Waals surface area contributed by atoms with Crippen LogP contribution in [0.3, 0.4) is 0 Å². The van der Waals surface area contributed by atoms with Crippen LogP contribution in [-0.4, -0.2) is 27.0 Å². The van der Waals surface area contributed by atoms with Gasteiger partial charge in [-0.2, -0.15) is 0 Å². The van der Waals surface area contributed by atoms with Crippen LogP contribution >= 0.6 is 23.1 Å². The van der Waals surface area contributed by atoms with E-state index in [-0.39, 0.29) is 5.91 Å². The van der Waals surface area contributed by atoms with Crippen LogP contribution in [0.1, 0.15) is 21.1 Å². The number of nitrogens with one attached hydrogen (secondary N) is 1. The molecule has 0 spiro atoms. The van der Waals surface area contributed by atoms with Crippen LogP contribution in [0.25, 0.3) is 5.65 Å². The number of hydrogen-bond donors (Lipinski definition) is 1. The highest BCUT2D eigenvalue weighted by atomic mass is 32.2. The summed E-state index contributed by atoms with van der Waals surface area (Å²) in [6.07, 6.45) is 2.56. The maximum Gasteiger partial charge on any atom is 0.252 e. The quantitative estimate of drug-likeness (QED) is 0.480. The Bertz CT molecular complexity index is 1040. The maximum atomic E-state index is 12.7. The van der Waals surface area contributed by atoms with Crippen LogP contribution in [-0.2, 0) is 12.2 Å². The minimum absolute atomic E-state index is 0.0573. The minimum atomic E-state index is -0.0573. The summed E-state index contributed by atoms with van der Waals surface area (Å²) in [6.45, 7) is 0.512. The van der Waals surface area contributed by atoms with Gasteiger partial charge < -0.3 is 5.32 Å². The number of thiophene rings is 1. The van der Waals surface area contributed by atoms with E-state index < -0.39 is 0 Å². The van der Waals surface area contributed by atoms with Crippen LogP contribution in [0.15, 0.2) is 71.1 Å². The number of rotatable bonds is 7. The number of carbonyl (C=O) groups excluding carboxylic acids is 1. The van der Waals surface area contributed by atoms with E-state index in [9.17, 15) is 4.79 Å². The Morgan fingerprint density at radius 3 is 2.85 bits per heavy atom. The van der Waals surface area contributed by atoms with Crippen LogP contribution in [0.4, 0.5) is 0 Å². The summed E-state index contributed by atoms with van der Waals surface area (Å²) in [4.78, 5) is 15.0. The second kappa shape index (κ2) is 8.37. The molecule has 1 amide bonds. The van der Waals surface area contributed by atoms with Crippen LogP contribution in [0, 0.1) is 0 Å². The molecule has 0 unspecified atom stereocenters. The molecule has 0 saturated heterocycles. The van der Waals surface area contributed by atoms with E-state index in [4.69, 9.17) is 0 Å². The summed E-state index contributed by atoms with van der Waals surface area (Å²) in [5.74, 6) is 1.65. The number of carbonyl (C=O) groups is 1. The smallest absolute Gasteiger partial charge is 0.252 e. The lowest BCUT2D eigenvalue weighted by Crippen LogP contribution is -2.26. The number of benzene rings is 1. The third-order valence-corrected chi connectivity index (χ3v) is 6.28. The normalized spacial score (nSPS) is 11.0. The Labute approximate surface area is 165 Å². The minimum Gasteiger partial charge on any atom is -0.352 e. The summed E-state index contributed by atoms with van der Waals surface area (Å²) in [6, 6.07) is 17.7. The van der Waals surface area contributed by atoms with Gasteiger partial charge in [0.1, 0.15) is 5.82 Å². The second-order valence-corrected chi connectivity index (χ2v) is 7.96. The fourth-order valence-corrected chi connectivity index (χ4v) is 4.59. The van der Waals surface area contributed by atoms with Gasteiger partial charge in [0.2, 0.25) is 0 Å². The van der Waals surface area contributed by atoms with Crippen molar-refractivity contribution in [3.63, 3.8) is 0 Å². The zero-order valence-electron chi connectivity index (χ0n) is 14.5. The van der Waals surface area contributed by atoms with Crippen LogP contribution in [0.2, 0.25) is 0 Å². The average molecular weight is 395 g/mol. The zero-order valence-corrected chi connectivity index (χ0v) is 16.2. The SMILES string of the molecule is O=C(NCCc1nnc2ccccn12)c1ccccc1SCc1cccs1. The van der Waals surface area contributed by atoms with Gasteiger partial charge >= 0.3 is 0 Å². The van der Waals surface area contributed by atoms with Crippen molar-refractivity contribution in [2.45, 2.75) is 17.1 Å². The summed E-state index contributed by atoms with van der Waals surface area (Å²) >= 11 is 3.42. The molecule has 27 heavy (non-hydrogen) atoms. The van der Waals surface area contributed by atoms with Gasteiger partial charge in [-0.3, -0.25) is 9.20 Å². The number of pyridine rings is 1. The van der Waals surface area contributed by atoms with E-state index in [1.165, 1.54) is 4.88 Å². The van der Waals surface area contributed by atoms with Crippen molar-refractivity contribution < 1.29 is 4.79 Å². The lowest BCUT2D eigenvalue weighted by molar-refractivity contribution is 0.0951.